The van der Waals surface area contributed by atoms with E-state index in [2.05, 4.69) is 0 Å². The third kappa shape index (κ3) is 3.61. The third-order valence-electron chi connectivity index (χ3n) is 3.96. The van der Waals surface area contributed by atoms with E-state index < -0.39 is 23.6 Å². The van der Waals surface area contributed by atoms with Gasteiger partial charge in [-0.05, 0) is 48.4 Å². The number of benzene rings is 2. The zero-order chi connectivity index (χ0) is 19.6. The Balaban J connectivity index is 1.86. The third-order valence-corrected chi connectivity index (χ3v) is 4.31. The van der Waals surface area contributed by atoms with Crippen molar-refractivity contribution >= 4 is 40.6 Å². The van der Waals surface area contributed by atoms with Crippen LogP contribution in [-0.2, 0) is 14.3 Å². The lowest BCUT2D eigenvalue weighted by Crippen LogP contribution is -2.31. The summed E-state index contributed by atoms with van der Waals surface area (Å²) < 4.78 is 18.2. The minimum Gasteiger partial charge on any atom is -0.462 e. The minimum atomic E-state index is -0.678. The molecular formula is C20H15ClFNO4. The molecule has 5 nitrogen and oxygen atoms in total. The Morgan fingerprint density at radius 1 is 1.04 bits per heavy atom. The van der Waals surface area contributed by atoms with Crippen molar-refractivity contribution in [2.75, 3.05) is 11.5 Å². The van der Waals surface area contributed by atoms with Crippen LogP contribution in [0.15, 0.2) is 53.6 Å². The van der Waals surface area contributed by atoms with E-state index in [1.807, 2.05) is 6.92 Å². The Morgan fingerprint density at radius 3 is 2.26 bits per heavy atom. The molecule has 27 heavy (non-hydrogen) atoms. The number of rotatable bonds is 5. The molecule has 0 radical (unpaired) electrons. The van der Waals surface area contributed by atoms with Gasteiger partial charge in [0.25, 0.3) is 11.8 Å². The van der Waals surface area contributed by atoms with Crippen LogP contribution >= 0.6 is 11.6 Å². The fraction of sp³-hybridized carbons (Fsp3) is 0.150. The molecule has 0 unspecified atom stereocenters. The van der Waals surface area contributed by atoms with Gasteiger partial charge >= 0.3 is 5.97 Å². The predicted octanol–water partition coefficient (Wildman–Crippen LogP) is 3.92. The largest absolute Gasteiger partial charge is 0.462 e. The Morgan fingerprint density at radius 2 is 1.67 bits per heavy atom. The van der Waals surface area contributed by atoms with Gasteiger partial charge in [-0.2, -0.15) is 0 Å². The van der Waals surface area contributed by atoms with E-state index in [0.717, 1.165) is 4.90 Å². The summed E-state index contributed by atoms with van der Waals surface area (Å²) >= 11 is 6.08. The maximum atomic E-state index is 13.1. The molecule has 0 N–H and O–H groups in total. The molecular weight excluding hydrogens is 373 g/mol. The molecule has 0 atom stereocenters. The number of ether oxygens (including phenoxy) is 1. The maximum Gasteiger partial charge on any atom is 0.338 e. The zero-order valence-electron chi connectivity index (χ0n) is 14.4. The van der Waals surface area contributed by atoms with Gasteiger partial charge in [-0.3, -0.25) is 9.59 Å². The summed E-state index contributed by atoms with van der Waals surface area (Å²) in [5.74, 6) is -2.24. The first-order chi connectivity index (χ1) is 12.9. The monoisotopic (exact) mass is 387 g/mol. The number of carbonyl (C=O) groups is 3. The number of imide groups is 1. The number of carbonyl (C=O) groups excluding carboxylic acids is 3. The van der Waals surface area contributed by atoms with Gasteiger partial charge in [-0.15, -0.1) is 0 Å². The Hall–Kier alpha value is -2.99. The molecule has 138 valence electrons. The Bertz CT molecular complexity index is 935. The standard InChI is InChI=1S/C20H15ClFNO4/c1-2-11-27-20(26)13-5-9-15(10-6-13)23-18(24)16(17(21)19(23)25)12-3-7-14(22)8-4-12/h3-10H,2,11H2,1H3. The van der Waals surface area contributed by atoms with Crippen molar-refractivity contribution in [3.05, 3.63) is 70.5 Å². The van der Waals surface area contributed by atoms with Gasteiger partial charge < -0.3 is 4.74 Å². The first-order valence-corrected chi connectivity index (χ1v) is 8.63. The molecule has 0 fully saturated rings. The van der Waals surface area contributed by atoms with Crippen LogP contribution in [0.5, 0.6) is 0 Å². The molecule has 2 aromatic rings. The predicted molar refractivity (Wildman–Crippen MR) is 98.7 cm³/mol. The molecule has 0 bridgehead atoms. The van der Waals surface area contributed by atoms with Crippen LogP contribution < -0.4 is 4.90 Å². The molecule has 2 aromatic carbocycles. The quantitative estimate of drug-likeness (QED) is 0.576. The second-order valence-electron chi connectivity index (χ2n) is 5.82. The van der Waals surface area contributed by atoms with Gasteiger partial charge in [0.15, 0.2) is 0 Å². The molecule has 0 aromatic heterocycles. The minimum absolute atomic E-state index is 0.00750. The fourth-order valence-corrected chi connectivity index (χ4v) is 2.90. The number of nitrogens with zero attached hydrogens (tertiary/aromatic N) is 1. The zero-order valence-corrected chi connectivity index (χ0v) is 15.1. The summed E-state index contributed by atoms with van der Waals surface area (Å²) in [6, 6.07) is 11.0. The highest BCUT2D eigenvalue weighted by Crippen LogP contribution is 2.34. The summed E-state index contributed by atoms with van der Waals surface area (Å²) in [5.41, 5.74) is 0.937. The van der Waals surface area contributed by atoms with Crippen molar-refractivity contribution in [2.45, 2.75) is 13.3 Å². The van der Waals surface area contributed by atoms with E-state index in [4.69, 9.17) is 16.3 Å². The van der Waals surface area contributed by atoms with E-state index in [-0.39, 0.29) is 16.3 Å². The number of anilines is 1. The van der Waals surface area contributed by atoms with Gasteiger partial charge in [0.1, 0.15) is 10.8 Å². The van der Waals surface area contributed by atoms with Crippen LogP contribution in [0, 0.1) is 5.82 Å². The van der Waals surface area contributed by atoms with E-state index in [1.165, 1.54) is 48.5 Å². The molecule has 2 amide bonds. The van der Waals surface area contributed by atoms with Crippen molar-refractivity contribution < 1.29 is 23.5 Å². The lowest BCUT2D eigenvalue weighted by Gasteiger charge is -2.15. The lowest BCUT2D eigenvalue weighted by molar-refractivity contribution is -0.119. The van der Waals surface area contributed by atoms with Crippen LogP contribution in [0.3, 0.4) is 0 Å². The molecule has 0 saturated heterocycles. The summed E-state index contributed by atoms with van der Waals surface area (Å²) in [6.45, 7) is 2.20. The SMILES string of the molecule is CCCOC(=O)c1ccc(N2C(=O)C(Cl)=C(c3ccc(F)cc3)C2=O)cc1. The van der Waals surface area contributed by atoms with Gasteiger partial charge in [-0.25, -0.2) is 14.1 Å². The number of esters is 1. The van der Waals surface area contributed by atoms with E-state index in [0.29, 0.717) is 24.2 Å². The van der Waals surface area contributed by atoms with Crippen LogP contribution in [0.2, 0.25) is 0 Å². The summed E-state index contributed by atoms with van der Waals surface area (Å²) in [6.07, 6.45) is 0.705. The summed E-state index contributed by atoms with van der Waals surface area (Å²) in [7, 11) is 0. The maximum absolute atomic E-state index is 13.1. The van der Waals surface area contributed by atoms with Gasteiger partial charge in [0.2, 0.25) is 0 Å². The van der Waals surface area contributed by atoms with Gasteiger partial charge in [0.05, 0.1) is 23.4 Å². The molecule has 0 saturated carbocycles. The number of halogens is 2. The Labute approximate surface area is 160 Å². The fourth-order valence-electron chi connectivity index (χ4n) is 2.63. The van der Waals surface area contributed by atoms with Crippen molar-refractivity contribution in [3.63, 3.8) is 0 Å². The van der Waals surface area contributed by atoms with Crippen LogP contribution in [0.25, 0.3) is 5.57 Å². The molecule has 1 heterocycles. The second kappa shape index (κ2) is 7.72. The van der Waals surface area contributed by atoms with Crippen molar-refractivity contribution in [3.8, 4) is 0 Å². The molecule has 7 heteroatoms. The summed E-state index contributed by atoms with van der Waals surface area (Å²) in [5, 5.41) is -0.238. The molecule has 0 aliphatic carbocycles. The highest BCUT2D eigenvalue weighted by molar-refractivity contribution is 6.60. The van der Waals surface area contributed by atoms with Crippen LogP contribution in [-0.4, -0.2) is 24.4 Å². The van der Waals surface area contributed by atoms with E-state index >= 15 is 0 Å². The summed E-state index contributed by atoms with van der Waals surface area (Å²) in [4.78, 5) is 38.0. The Kier molecular flexibility index (Phi) is 5.37. The normalized spacial score (nSPS) is 14.1. The number of hydrogen-bond acceptors (Lipinski definition) is 4. The van der Waals surface area contributed by atoms with Crippen LogP contribution in [0.1, 0.15) is 29.3 Å². The van der Waals surface area contributed by atoms with Crippen molar-refractivity contribution in [1.82, 2.24) is 0 Å². The highest BCUT2D eigenvalue weighted by atomic mass is 35.5. The average Bonchev–Trinajstić information content (AvgIpc) is 2.90. The smallest absolute Gasteiger partial charge is 0.338 e. The first kappa shape index (κ1) is 18.8. The molecule has 3 rings (SSSR count). The highest BCUT2D eigenvalue weighted by Gasteiger charge is 2.39. The van der Waals surface area contributed by atoms with Crippen LogP contribution in [0.4, 0.5) is 10.1 Å². The van der Waals surface area contributed by atoms with Crippen molar-refractivity contribution in [1.29, 1.82) is 0 Å². The number of amides is 2. The average molecular weight is 388 g/mol. The second-order valence-corrected chi connectivity index (χ2v) is 6.20. The topological polar surface area (TPSA) is 63.7 Å². The molecule has 0 spiro atoms. The lowest BCUT2D eigenvalue weighted by atomic mass is 10.1. The van der Waals surface area contributed by atoms with Crippen molar-refractivity contribution in [2.24, 2.45) is 0 Å². The van der Waals surface area contributed by atoms with Gasteiger partial charge in [-0.1, -0.05) is 30.7 Å². The number of hydrogen-bond donors (Lipinski definition) is 0. The van der Waals surface area contributed by atoms with E-state index in [9.17, 15) is 18.8 Å². The first-order valence-electron chi connectivity index (χ1n) is 8.25. The molecule has 1 aliphatic rings. The van der Waals surface area contributed by atoms with E-state index in [1.54, 1.807) is 0 Å². The van der Waals surface area contributed by atoms with Gasteiger partial charge in [0, 0.05) is 0 Å². The molecule has 1 aliphatic heterocycles.